The average Bonchev–Trinajstić information content (AvgIpc) is 2.61. The molecule has 1 fully saturated rings. The van der Waals surface area contributed by atoms with Crippen LogP contribution in [0.2, 0.25) is 0 Å². The second kappa shape index (κ2) is 3.62. The summed E-state index contributed by atoms with van der Waals surface area (Å²) in [6.07, 6.45) is -3.46. The normalized spacial score (nSPS) is 20.7. The smallest absolute Gasteiger partial charge is 0.212 e. The fourth-order valence-corrected chi connectivity index (χ4v) is 3.06. The number of hydrogen-bond donors (Lipinski definition) is 1. The van der Waals surface area contributed by atoms with Crippen molar-refractivity contribution in [2.24, 2.45) is 5.92 Å². The summed E-state index contributed by atoms with van der Waals surface area (Å²) in [6.45, 7) is 3.59. The van der Waals surface area contributed by atoms with E-state index < -0.39 is 27.5 Å². The molecule has 0 saturated heterocycles. The Morgan fingerprint density at radius 1 is 1.33 bits per heavy atom. The lowest BCUT2D eigenvalue weighted by Crippen LogP contribution is -2.44. The molecule has 1 aliphatic carbocycles. The minimum Gasteiger partial charge on any atom is -0.212 e. The molecule has 0 aromatic rings. The molecule has 0 unspecified atom stereocenters. The van der Waals surface area contributed by atoms with E-state index in [4.69, 9.17) is 0 Å². The van der Waals surface area contributed by atoms with Crippen molar-refractivity contribution in [3.63, 3.8) is 0 Å². The molecule has 0 atom stereocenters. The number of halogens is 3. The molecule has 1 N–H and O–H groups in total. The van der Waals surface area contributed by atoms with Crippen molar-refractivity contribution in [1.82, 2.24) is 4.72 Å². The van der Waals surface area contributed by atoms with Crippen LogP contribution in [0.1, 0.15) is 26.7 Å². The van der Waals surface area contributed by atoms with Crippen molar-refractivity contribution in [2.75, 3.05) is 5.75 Å². The van der Waals surface area contributed by atoms with E-state index in [0.717, 1.165) is 0 Å². The maximum absolute atomic E-state index is 11.9. The molecular formula is C8H14F3NO2S. The standard InChI is InChI=1S/C8H14F3NO2S/c1-6(2)7(3-4-7)12-15(13,14)5-8(9,10)11/h6,12H,3-5H2,1-2H3. The zero-order valence-corrected chi connectivity index (χ0v) is 9.37. The molecule has 0 bridgehead atoms. The largest absolute Gasteiger partial charge is 0.404 e. The van der Waals surface area contributed by atoms with Crippen molar-refractivity contribution in [3.8, 4) is 0 Å². The molecule has 15 heavy (non-hydrogen) atoms. The van der Waals surface area contributed by atoms with Gasteiger partial charge in [-0.2, -0.15) is 13.2 Å². The zero-order valence-electron chi connectivity index (χ0n) is 8.56. The molecule has 3 nitrogen and oxygen atoms in total. The SMILES string of the molecule is CC(C)C1(NS(=O)(=O)CC(F)(F)F)CC1. The first-order valence-corrected chi connectivity index (χ1v) is 6.30. The molecule has 90 valence electrons. The molecule has 0 heterocycles. The highest BCUT2D eigenvalue weighted by Gasteiger charge is 2.49. The minimum absolute atomic E-state index is 0.0144. The van der Waals surface area contributed by atoms with Crippen LogP contribution < -0.4 is 4.72 Å². The second-order valence-corrected chi connectivity index (χ2v) is 6.01. The summed E-state index contributed by atoms with van der Waals surface area (Å²) in [6, 6.07) is 0. The van der Waals surface area contributed by atoms with Gasteiger partial charge in [-0.05, 0) is 18.8 Å². The molecule has 0 radical (unpaired) electrons. The fraction of sp³-hybridized carbons (Fsp3) is 1.00. The van der Waals surface area contributed by atoms with E-state index in [2.05, 4.69) is 4.72 Å². The van der Waals surface area contributed by atoms with Gasteiger partial charge < -0.3 is 0 Å². The Bertz CT molecular complexity index is 330. The molecule has 1 saturated carbocycles. The minimum atomic E-state index is -4.68. The molecule has 0 spiro atoms. The topological polar surface area (TPSA) is 46.2 Å². The summed E-state index contributed by atoms with van der Waals surface area (Å²) in [4.78, 5) is 0. The van der Waals surface area contributed by atoms with Crippen molar-refractivity contribution >= 4 is 10.0 Å². The Morgan fingerprint density at radius 3 is 2.07 bits per heavy atom. The monoisotopic (exact) mass is 245 g/mol. The van der Waals surface area contributed by atoms with E-state index in [1.54, 1.807) is 13.8 Å². The molecule has 0 amide bonds. The number of nitrogens with one attached hydrogen (secondary N) is 1. The van der Waals surface area contributed by atoms with Crippen LogP contribution >= 0.6 is 0 Å². The van der Waals surface area contributed by atoms with Gasteiger partial charge >= 0.3 is 6.18 Å². The Hall–Kier alpha value is -0.300. The third kappa shape index (κ3) is 3.64. The summed E-state index contributed by atoms with van der Waals surface area (Å²) in [5.41, 5.74) is -0.635. The Labute approximate surface area is 87.1 Å². The van der Waals surface area contributed by atoms with Gasteiger partial charge in [-0.1, -0.05) is 13.8 Å². The van der Waals surface area contributed by atoms with E-state index in [1.807, 2.05) is 0 Å². The molecule has 1 aliphatic rings. The van der Waals surface area contributed by atoms with Gasteiger partial charge in [-0.3, -0.25) is 0 Å². The van der Waals surface area contributed by atoms with Crippen LogP contribution in [0.15, 0.2) is 0 Å². The quantitative estimate of drug-likeness (QED) is 0.818. The van der Waals surface area contributed by atoms with Gasteiger partial charge in [0.2, 0.25) is 10.0 Å². The van der Waals surface area contributed by atoms with Crippen LogP contribution in [0, 0.1) is 5.92 Å². The third-order valence-corrected chi connectivity index (χ3v) is 4.03. The first-order valence-electron chi connectivity index (χ1n) is 4.65. The molecule has 0 aromatic heterocycles. The van der Waals surface area contributed by atoms with Gasteiger partial charge in [-0.25, -0.2) is 13.1 Å². The third-order valence-electron chi connectivity index (χ3n) is 2.61. The van der Waals surface area contributed by atoms with Crippen LogP contribution in [0.4, 0.5) is 13.2 Å². The van der Waals surface area contributed by atoms with Gasteiger partial charge in [0.05, 0.1) is 0 Å². The Balaban J connectivity index is 2.66. The van der Waals surface area contributed by atoms with Gasteiger partial charge in [0.25, 0.3) is 0 Å². The first kappa shape index (κ1) is 12.8. The number of alkyl halides is 3. The van der Waals surface area contributed by atoms with Crippen molar-refractivity contribution in [3.05, 3.63) is 0 Å². The predicted octanol–water partition coefficient (Wildman–Crippen LogP) is 1.66. The molecular weight excluding hydrogens is 231 g/mol. The van der Waals surface area contributed by atoms with Crippen LogP contribution in [0.5, 0.6) is 0 Å². The maximum atomic E-state index is 11.9. The average molecular weight is 245 g/mol. The van der Waals surface area contributed by atoms with Crippen LogP contribution in [0.3, 0.4) is 0 Å². The van der Waals surface area contributed by atoms with Crippen molar-refractivity contribution in [2.45, 2.75) is 38.4 Å². The van der Waals surface area contributed by atoms with E-state index in [0.29, 0.717) is 12.8 Å². The van der Waals surface area contributed by atoms with E-state index >= 15 is 0 Å². The summed E-state index contributed by atoms with van der Waals surface area (Å²) in [5.74, 6) is -1.78. The number of rotatable bonds is 4. The van der Waals surface area contributed by atoms with E-state index in [1.165, 1.54) is 0 Å². The lowest BCUT2D eigenvalue weighted by atomic mass is 10.0. The highest BCUT2D eigenvalue weighted by molar-refractivity contribution is 7.89. The highest BCUT2D eigenvalue weighted by atomic mass is 32.2. The maximum Gasteiger partial charge on any atom is 0.404 e. The van der Waals surface area contributed by atoms with Crippen molar-refractivity contribution in [1.29, 1.82) is 0 Å². The fourth-order valence-electron chi connectivity index (χ4n) is 1.49. The molecule has 0 aromatic carbocycles. The second-order valence-electron chi connectivity index (χ2n) is 4.29. The van der Waals surface area contributed by atoms with Crippen molar-refractivity contribution < 1.29 is 21.6 Å². The highest BCUT2D eigenvalue weighted by Crippen LogP contribution is 2.42. The zero-order chi connectivity index (χ0) is 11.9. The lowest BCUT2D eigenvalue weighted by molar-refractivity contribution is -0.106. The lowest BCUT2D eigenvalue weighted by Gasteiger charge is -2.21. The van der Waals surface area contributed by atoms with E-state index in [-0.39, 0.29) is 5.92 Å². The molecule has 1 rings (SSSR count). The van der Waals surface area contributed by atoms with Crippen LogP contribution in [-0.4, -0.2) is 25.9 Å². The Kier molecular flexibility index (Phi) is 3.08. The number of sulfonamides is 1. The summed E-state index contributed by atoms with van der Waals surface area (Å²) >= 11 is 0. The predicted molar refractivity (Wildman–Crippen MR) is 49.8 cm³/mol. The van der Waals surface area contributed by atoms with Gasteiger partial charge in [0.15, 0.2) is 5.75 Å². The van der Waals surface area contributed by atoms with Crippen LogP contribution in [-0.2, 0) is 10.0 Å². The molecule has 7 heteroatoms. The number of hydrogen-bond acceptors (Lipinski definition) is 2. The van der Waals surface area contributed by atoms with Crippen LogP contribution in [0.25, 0.3) is 0 Å². The van der Waals surface area contributed by atoms with Gasteiger partial charge in [0, 0.05) is 5.54 Å². The summed E-state index contributed by atoms with van der Waals surface area (Å²) < 4.78 is 60.3. The Morgan fingerprint density at radius 2 is 1.80 bits per heavy atom. The summed E-state index contributed by atoms with van der Waals surface area (Å²) in [5, 5.41) is 0. The molecule has 0 aliphatic heterocycles. The van der Waals surface area contributed by atoms with Gasteiger partial charge in [0.1, 0.15) is 0 Å². The summed E-state index contributed by atoms with van der Waals surface area (Å²) in [7, 11) is -4.25. The first-order chi connectivity index (χ1) is 6.56. The van der Waals surface area contributed by atoms with Gasteiger partial charge in [-0.15, -0.1) is 0 Å². The van der Waals surface area contributed by atoms with E-state index in [9.17, 15) is 21.6 Å².